The number of nitrogen functional groups attached to an aromatic ring is 1. The molecule has 0 aromatic heterocycles. The van der Waals surface area contributed by atoms with Gasteiger partial charge in [0.15, 0.2) is 0 Å². The molecule has 5 nitrogen and oxygen atoms in total. The number of hydrogen-bond acceptors (Lipinski definition) is 4. The second-order valence-electron chi connectivity index (χ2n) is 4.31. The molecule has 1 aromatic carbocycles. The van der Waals surface area contributed by atoms with Crippen LogP contribution in [0.1, 0.15) is 6.92 Å². The number of nitrogens with zero attached hydrogens (tertiary/aromatic N) is 2. The number of amides is 1. The molecule has 1 saturated heterocycles. The standard InChI is InChI=1S/C12H17FN4O/c1-9(18)15-17-7-5-16(6-8-17)11-4-2-3-10(13)12(11)14/h2-4H,5-8,14H2,1H3,(H,15,18). The van der Waals surface area contributed by atoms with Crippen LogP contribution >= 0.6 is 0 Å². The van der Waals surface area contributed by atoms with Crippen LogP contribution in [-0.4, -0.2) is 37.1 Å². The van der Waals surface area contributed by atoms with Crippen molar-refractivity contribution in [1.82, 2.24) is 10.4 Å². The molecule has 0 radical (unpaired) electrons. The second kappa shape index (κ2) is 5.22. The maximum atomic E-state index is 13.4. The van der Waals surface area contributed by atoms with Crippen LogP contribution in [0.4, 0.5) is 15.8 Å². The zero-order valence-corrected chi connectivity index (χ0v) is 10.3. The third-order valence-electron chi connectivity index (χ3n) is 2.97. The zero-order chi connectivity index (χ0) is 13.1. The van der Waals surface area contributed by atoms with Crippen LogP contribution in [0.5, 0.6) is 0 Å². The number of para-hydroxylation sites is 1. The first-order valence-electron chi connectivity index (χ1n) is 5.89. The molecule has 0 atom stereocenters. The fraction of sp³-hybridized carbons (Fsp3) is 0.417. The summed E-state index contributed by atoms with van der Waals surface area (Å²) in [6.45, 7) is 4.27. The molecule has 0 unspecified atom stereocenters. The van der Waals surface area contributed by atoms with E-state index >= 15 is 0 Å². The molecule has 1 aliphatic heterocycles. The third kappa shape index (κ3) is 2.70. The van der Waals surface area contributed by atoms with Gasteiger partial charge in [0.05, 0.1) is 11.4 Å². The highest BCUT2D eigenvalue weighted by molar-refractivity contribution is 5.72. The highest BCUT2D eigenvalue weighted by Gasteiger charge is 2.19. The van der Waals surface area contributed by atoms with E-state index < -0.39 is 5.82 Å². The van der Waals surface area contributed by atoms with Crippen LogP contribution in [-0.2, 0) is 4.79 Å². The number of nitrogens with two attached hydrogens (primary N) is 1. The van der Waals surface area contributed by atoms with Crippen LogP contribution in [0.3, 0.4) is 0 Å². The quantitative estimate of drug-likeness (QED) is 0.756. The lowest BCUT2D eigenvalue weighted by Gasteiger charge is -2.36. The van der Waals surface area contributed by atoms with Gasteiger partial charge >= 0.3 is 0 Å². The average Bonchev–Trinajstić information content (AvgIpc) is 2.33. The van der Waals surface area contributed by atoms with Crippen molar-refractivity contribution in [2.75, 3.05) is 36.8 Å². The number of anilines is 2. The number of carbonyl (C=O) groups excluding carboxylic acids is 1. The van der Waals surface area contributed by atoms with Gasteiger partial charge in [-0.25, -0.2) is 9.40 Å². The zero-order valence-electron chi connectivity index (χ0n) is 10.3. The van der Waals surface area contributed by atoms with Gasteiger partial charge in [0, 0.05) is 33.1 Å². The van der Waals surface area contributed by atoms with Crippen molar-refractivity contribution in [2.45, 2.75) is 6.92 Å². The largest absolute Gasteiger partial charge is 0.395 e. The molecule has 18 heavy (non-hydrogen) atoms. The molecule has 3 N–H and O–H groups in total. The Morgan fingerprint density at radius 1 is 1.33 bits per heavy atom. The van der Waals surface area contributed by atoms with E-state index in [4.69, 9.17) is 5.73 Å². The van der Waals surface area contributed by atoms with Crippen molar-refractivity contribution in [1.29, 1.82) is 0 Å². The molecule has 1 fully saturated rings. The Labute approximate surface area is 105 Å². The van der Waals surface area contributed by atoms with E-state index in [1.165, 1.54) is 13.0 Å². The normalized spacial score (nSPS) is 16.7. The molecule has 0 saturated carbocycles. The van der Waals surface area contributed by atoms with Gasteiger partial charge in [0.25, 0.3) is 0 Å². The smallest absolute Gasteiger partial charge is 0.231 e. The van der Waals surface area contributed by atoms with Gasteiger partial charge in [-0.3, -0.25) is 10.2 Å². The summed E-state index contributed by atoms with van der Waals surface area (Å²) in [6.07, 6.45) is 0. The molecule has 2 rings (SSSR count). The van der Waals surface area contributed by atoms with E-state index in [1.807, 2.05) is 16.0 Å². The van der Waals surface area contributed by atoms with Crippen molar-refractivity contribution >= 4 is 17.3 Å². The molecule has 1 amide bonds. The number of carbonyl (C=O) groups is 1. The summed E-state index contributed by atoms with van der Waals surface area (Å²) in [5.41, 5.74) is 9.38. The molecule has 0 bridgehead atoms. The first kappa shape index (κ1) is 12.6. The van der Waals surface area contributed by atoms with Gasteiger partial charge in [0.2, 0.25) is 5.91 Å². The Balaban J connectivity index is 2.01. The van der Waals surface area contributed by atoms with Crippen LogP contribution in [0.25, 0.3) is 0 Å². The average molecular weight is 252 g/mol. The van der Waals surface area contributed by atoms with Gasteiger partial charge in [-0.1, -0.05) is 6.07 Å². The Hall–Kier alpha value is -1.82. The van der Waals surface area contributed by atoms with Crippen LogP contribution in [0, 0.1) is 5.82 Å². The number of rotatable bonds is 2. The monoisotopic (exact) mass is 252 g/mol. The summed E-state index contributed by atoms with van der Waals surface area (Å²) >= 11 is 0. The van der Waals surface area contributed by atoms with Crippen LogP contribution < -0.4 is 16.1 Å². The summed E-state index contributed by atoms with van der Waals surface area (Å²) < 4.78 is 13.4. The van der Waals surface area contributed by atoms with E-state index in [1.54, 1.807) is 6.07 Å². The number of benzene rings is 1. The van der Waals surface area contributed by atoms with E-state index in [2.05, 4.69) is 5.43 Å². The second-order valence-corrected chi connectivity index (χ2v) is 4.31. The number of nitrogens with one attached hydrogen (secondary N) is 1. The summed E-state index contributed by atoms with van der Waals surface area (Å²) in [7, 11) is 0. The summed E-state index contributed by atoms with van der Waals surface area (Å²) in [4.78, 5) is 13.0. The molecule has 0 spiro atoms. The third-order valence-corrected chi connectivity index (χ3v) is 2.97. The highest BCUT2D eigenvalue weighted by atomic mass is 19.1. The predicted octanol–water partition coefficient (Wildman–Crippen LogP) is 0.581. The number of halogens is 1. The SMILES string of the molecule is CC(=O)NN1CCN(c2cccc(F)c2N)CC1. The Morgan fingerprint density at radius 2 is 2.00 bits per heavy atom. The van der Waals surface area contributed by atoms with Crippen molar-refractivity contribution in [3.05, 3.63) is 24.0 Å². The highest BCUT2D eigenvalue weighted by Crippen LogP contribution is 2.26. The predicted molar refractivity (Wildman–Crippen MR) is 68.4 cm³/mol. The van der Waals surface area contributed by atoms with E-state index in [0.29, 0.717) is 26.2 Å². The number of piperazine rings is 1. The van der Waals surface area contributed by atoms with Crippen molar-refractivity contribution < 1.29 is 9.18 Å². The molecule has 1 aromatic rings. The van der Waals surface area contributed by atoms with Gasteiger partial charge in [-0.05, 0) is 12.1 Å². The molecule has 98 valence electrons. The summed E-state index contributed by atoms with van der Waals surface area (Å²) in [5.74, 6) is -0.467. The fourth-order valence-electron chi connectivity index (χ4n) is 2.08. The Kier molecular flexibility index (Phi) is 3.66. The van der Waals surface area contributed by atoms with Crippen LogP contribution in [0.2, 0.25) is 0 Å². The van der Waals surface area contributed by atoms with Gasteiger partial charge in [0.1, 0.15) is 5.82 Å². The maximum Gasteiger partial charge on any atom is 0.231 e. The van der Waals surface area contributed by atoms with Gasteiger partial charge in [-0.15, -0.1) is 0 Å². The molecular formula is C12H17FN4O. The Bertz CT molecular complexity index is 444. The minimum atomic E-state index is -0.392. The number of hydrazine groups is 1. The topological polar surface area (TPSA) is 61.6 Å². The van der Waals surface area contributed by atoms with Gasteiger partial charge < -0.3 is 10.6 Å². The van der Waals surface area contributed by atoms with E-state index in [-0.39, 0.29) is 11.6 Å². The lowest BCUT2D eigenvalue weighted by Crippen LogP contribution is -2.53. The number of hydrogen-bond donors (Lipinski definition) is 2. The molecule has 1 heterocycles. The summed E-state index contributed by atoms with van der Waals surface area (Å²) in [6, 6.07) is 4.82. The first-order chi connectivity index (χ1) is 8.58. The van der Waals surface area contributed by atoms with E-state index in [9.17, 15) is 9.18 Å². The lowest BCUT2D eigenvalue weighted by atomic mass is 10.2. The van der Waals surface area contributed by atoms with Crippen molar-refractivity contribution in [3.63, 3.8) is 0 Å². The molecule has 0 aliphatic carbocycles. The minimum Gasteiger partial charge on any atom is -0.395 e. The molecule has 1 aliphatic rings. The lowest BCUT2D eigenvalue weighted by molar-refractivity contribution is -0.123. The fourth-order valence-corrected chi connectivity index (χ4v) is 2.08. The minimum absolute atomic E-state index is 0.0753. The van der Waals surface area contributed by atoms with Crippen molar-refractivity contribution in [3.8, 4) is 0 Å². The van der Waals surface area contributed by atoms with Crippen LogP contribution in [0.15, 0.2) is 18.2 Å². The maximum absolute atomic E-state index is 13.4. The van der Waals surface area contributed by atoms with Crippen molar-refractivity contribution in [2.24, 2.45) is 0 Å². The van der Waals surface area contributed by atoms with E-state index in [0.717, 1.165) is 5.69 Å². The first-order valence-corrected chi connectivity index (χ1v) is 5.89. The van der Waals surface area contributed by atoms with Gasteiger partial charge in [-0.2, -0.15) is 0 Å². The molecular weight excluding hydrogens is 235 g/mol. The Morgan fingerprint density at radius 3 is 2.61 bits per heavy atom. The summed E-state index contributed by atoms with van der Waals surface area (Å²) in [5, 5.41) is 1.86. The molecule has 6 heteroatoms.